The first-order chi connectivity index (χ1) is 11.7. The van der Waals surface area contributed by atoms with E-state index in [-0.39, 0.29) is 7.43 Å². The summed E-state index contributed by atoms with van der Waals surface area (Å²) in [6, 6.07) is 18.9. The second-order valence-electron chi connectivity index (χ2n) is 5.98. The molecule has 0 fully saturated rings. The van der Waals surface area contributed by atoms with Crippen molar-refractivity contribution in [2.45, 2.75) is 7.43 Å². The number of hydrogen-bond acceptors (Lipinski definition) is 3. The minimum Gasteiger partial charge on any atom is -0.378 e. The molecule has 25 heavy (non-hydrogen) atoms. The Labute approximate surface area is 148 Å². The quantitative estimate of drug-likeness (QED) is 0.541. The summed E-state index contributed by atoms with van der Waals surface area (Å²) in [7, 11) is 4.09. The molecule has 4 rings (SSSR count). The Balaban J connectivity index is 0.00000182. The van der Waals surface area contributed by atoms with E-state index in [0.29, 0.717) is 0 Å². The number of imidazole rings is 1. The lowest BCUT2D eigenvalue weighted by Crippen LogP contribution is -2.07. The summed E-state index contributed by atoms with van der Waals surface area (Å²) in [4.78, 5) is 11.0. The van der Waals surface area contributed by atoms with E-state index < -0.39 is 0 Å². The van der Waals surface area contributed by atoms with Gasteiger partial charge < -0.3 is 9.47 Å². The summed E-state index contributed by atoms with van der Waals surface area (Å²) >= 11 is 0. The van der Waals surface area contributed by atoms with Crippen LogP contribution in [0.2, 0.25) is 0 Å². The second kappa shape index (κ2) is 6.77. The third-order valence-corrected chi connectivity index (χ3v) is 4.15. The van der Waals surface area contributed by atoms with Gasteiger partial charge in [0.25, 0.3) is 0 Å². The van der Waals surface area contributed by atoms with Crippen molar-refractivity contribution in [1.82, 2.24) is 14.5 Å². The topological polar surface area (TPSA) is 34.0 Å². The lowest BCUT2D eigenvalue weighted by molar-refractivity contribution is 1.06. The Morgan fingerprint density at radius 1 is 0.920 bits per heavy atom. The van der Waals surface area contributed by atoms with Gasteiger partial charge in [0.2, 0.25) is 0 Å². The van der Waals surface area contributed by atoms with E-state index in [2.05, 4.69) is 64.5 Å². The van der Waals surface area contributed by atoms with Crippen LogP contribution >= 0.6 is 0 Å². The third-order valence-electron chi connectivity index (χ3n) is 4.15. The Kier molecular flexibility index (Phi) is 4.52. The second-order valence-corrected chi connectivity index (χ2v) is 5.98. The fourth-order valence-corrected chi connectivity index (χ4v) is 2.78. The van der Waals surface area contributed by atoms with Gasteiger partial charge in [-0.15, -0.1) is 0 Å². The summed E-state index contributed by atoms with van der Waals surface area (Å²) in [5, 5.41) is 1.12. The molecule has 0 spiro atoms. The standard InChI is InChI=1S/C20H18N4.CH4/c1-23(2)17-6-3-15(4-7-17)19-9-5-16-13-18(8-10-20(16)22-19)24-12-11-21-14-24;/h3-14H,1-2H3;1H4. The van der Waals surface area contributed by atoms with Crippen LogP contribution in [0, 0.1) is 0 Å². The van der Waals surface area contributed by atoms with Gasteiger partial charge in [-0.1, -0.05) is 25.6 Å². The number of pyridine rings is 1. The Morgan fingerprint density at radius 3 is 2.40 bits per heavy atom. The van der Waals surface area contributed by atoms with Gasteiger partial charge >= 0.3 is 0 Å². The van der Waals surface area contributed by atoms with Crippen LogP contribution in [0.5, 0.6) is 0 Å². The lowest BCUT2D eigenvalue weighted by atomic mass is 10.1. The van der Waals surface area contributed by atoms with E-state index in [1.807, 2.05) is 24.9 Å². The number of hydrogen-bond donors (Lipinski definition) is 0. The van der Waals surface area contributed by atoms with Crippen LogP contribution in [0.25, 0.3) is 27.8 Å². The molecule has 2 aromatic carbocycles. The van der Waals surface area contributed by atoms with Gasteiger partial charge in [-0.05, 0) is 36.4 Å². The molecule has 0 amide bonds. The highest BCUT2D eigenvalue weighted by atomic mass is 15.1. The number of rotatable bonds is 3. The molecule has 4 nitrogen and oxygen atoms in total. The first kappa shape index (κ1) is 16.7. The average molecular weight is 330 g/mol. The highest BCUT2D eigenvalue weighted by Gasteiger charge is 2.04. The number of aromatic nitrogens is 3. The smallest absolute Gasteiger partial charge is 0.0991 e. The fourth-order valence-electron chi connectivity index (χ4n) is 2.78. The first-order valence-electron chi connectivity index (χ1n) is 7.88. The van der Waals surface area contributed by atoms with Gasteiger partial charge in [0.1, 0.15) is 0 Å². The van der Waals surface area contributed by atoms with Crippen LogP contribution in [0.15, 0.2) is 73.3 Å². The Morgan fingerprint density at radius 2 is 1.72 bits per heavy atom. The van der Waals surface area contributed by atoms with Crippen LogP contribution in [-0.2, 0) is 0 Å². The third kappa shape index (κ3) is 3.24. The molecule has 2 aromatic heterocycles. The molecule has 0 saturated heterocycles. The minimum atomic E-state index is 0. The number of anilines is 1. The molecule has 0 aliphatic carbocycles. The molecule has 0 bridgehead atoms. The van der Waals surface area contributed by atoms with Gasteiger partial charge in [0.05, 0.1) is 17.5 Å². The number of benzene rings is 2. The van der Waals surface area contributed by atoms with E-state index in [4.69, 9.17) is 4.98 Å². The maximum atomic E-state index is 4.80. The molecule has 0 N–H and O–H groups in total. The van der Waals surface area contributed by atoms with Crippen molar-refractivity contribution in [3.05, 3.63) is 73.3 Å². The Bertz CT molecular complexity index is 971. The molecule has 4 aromatic rings. The highest BCUT2D eigenvalue weighted by molar-refractivity contribution is 5.83. The van der Waals surface area contributed by atoms with Gasteiger partial charge in [-0.3, -0.25) is 0 Å². The normalized spacial score (nSPS) is 10.5. The van der Waals surface area contributed by atoms with Gasteiger partial charge in [0.15, 0.2) is 0 Å². The maximum absolute atomic E-state index is 4.80. The predicted octanol–water partition coefficient (Wildman–Crippen LogP) is 4.79. The van der Waals surface area contributed by atoms with E-state index in [9.17, 15) is 0 Å². The Hall–Kier alpha value is -3.14. The molecule has 0 saturated carbocycles. The van der Waals surface area contributed by atoms with Crippen molar-refractivity contribution >= 4 is 16.6 Å². The zero-order valence-electron chi connectivity index (χ0n) is 13.7. The largest absolute Gasteiger partial charge is 0.378 e. The molecule has 2 heterocycles. The van der Waals surface area contributed by atoms with Crippen LogP contribution in [-0.4, -0.2) is 28.6 Å². The van der Waals surface area contributed by atoms with Crippen molar-refractivity contribution in [1.29, 1.82) is 0 Å². The summed E-state index contributed by atoms with van der Waals surface area (Å²) in [6.07, 6.45) is 5.52. The van der Waals surface area contributed by atoms with Crippen molar-refractivity contribution in [2.75, 3.05) is 19.0 Å². The summed E-state index contributed by atoms with van der Waals surface area (Å²) in [5.74, 6) is 0. The fraction of sp³-hybridized carbons (Fsp3) is 0.143. The first-order valence-corrected chi connectivity index (χ1v) is 7.88. The van der Waals surface area contributed by atoms with Gasteiger partial charge in [-0.2, -0.15) is 0 Å². The minimum absolute atomic E-state index is 0. The maximum Gasteiger partial charge on any atom is 0.0991 e. The molecule has 4 heteroatoms. The number of fused-ring (bicyclic) bond motifs is 1. The zero-order chi connectivity index (χ0) is 16.5. The molecular formula is C21H22N4. The monoisotopic (exact) mass is 330 g/mol. The van der Waals surface area contributed by atoms with Crippen molar-refractivity contribution < 1.29 is 0 Å². The zero-order valence-corrected chi connectivity index (χ0v) is 13.7. The van der Waals surface area contributed by atoms with Crippen LogP contribution in [0.3, 0.4) is 0 Å². The summed E-state index contributed by atoms with van der Waals surface area (Å²) in [5.41, 5.74) is 5.38. The van der Waals surface area contributed by atoms with Crippen LogP contribution < -0.4 is 4.90 Å². The van der Waals surface area contributed by atoms with Crippen molar-refractivity contribution in [2.24, 2.45) is 0 Å². The van der Waals surface area contributed by atoms with E-state index in [1.165, 1.54) is 5.69 Å². The summed E-state index contributed by atoms with van der Waals surface area (Å²) < 4.78 is 1.99. The predicted molar refractivity (Wildman–Crippen MR) is 105 cm³/mol. The molecule has 126 valence electrons. The average Bonchev–Trinajstić information content (AvgIpc) is 3.15. The highest BCUT2D eigenvalue weighted by Crippen LogP contribution is 2.24. The van der Waals surface area contributed by atoms with Crippen LogP contribution in [0.4, 0.5) is 5.69 Å². The molecule has 0 aliphatic rings. The van der Waals surface area contributed by atoms with E-state index >= 15 is 0 Å². The van der Waals surface area contributed by atoms with Crippen LogP contribution in [0.1, 0.15) is 7.43 Å². The van der Waals surface area contributed by atoms with E-state index in [1.54, 1.807) is 12.5 Å². The molecular weight excluding hydrogens is 308 g/mol. The van der Waals surface area contributed by atoms with Gasteiger partial charge in [0, 0.05) is 48.8 Å². The molecule has 0 unspecified atom stereocenters. The molecule has 0 aliphatic heterocycles. The number of nitrogens with zero attached hydrogens (tertiary/aromatic N) is 4. The molecule has 0 atom stereocenters. The SMILES string of the molecule is C.CN(C)c1ccc(-c2ccc3cc(-n4ccnc4)ccc3n2)cc1. The lowest BCUT2D eigenvalue weighted by Gasteiger charge is -2.12. The van der Waals surface area contributed by atoms with Gasteiger partial charge in [-0.25, -0.2) is 9.97 Å². The van der Waals surface area contributed by atoms with Crippen molar-refractivity contribution in [3.8, 4) is 16.9 Å². The molecule has 0 radical (unpaired) electrons. The summed E-state index contributed by atoms with van der Waals surface area (Å²) in [6.45, 7) is 0. The van der Waals surface area contributed by atoms with Crippen molar-refractivity contribution in [3.63, 3.8) is 0 Å². The van der Waals surface area contributed by atoms with E-state index in [0.717, 1.165) is 27.8 Å².